The predicted octanol–water partition coefficient (Wildman–Crippen LogP) is 4.57. The summed E-state index contributed by atoms with van der Waals surface area (Å²) < 4.78 is 40.4. The van der Waals surface area contributed by atoms with Gasteiger partial charge in [-0.25, -0.2) is 9.67 Å². The summed E-state index contributed by atoms with van der Waals surface area (Å²) in [6, 6.07) is 13.3. The van der Waals surface area contributed by atoms with E-state index in [1.165, 1.54) is 11.6 Å². The summed E-state index contributed by atoms with van der Waals surface area (Å²) in [5, 5.41) is 4.40. The lowest BCUT2D eigenvalue weighted by Crippen LogP contribution is -2.10. The Bertz CT molecular complexity index is 836. The van der Waals surface area contributed by atoms with Crippen molar-refractivity contribution < 1.29 is 13.2 Å². The van der Waals surface area contributed by atoms with E-state index in [0.29, 0.717) is 11.4 Å². The van der Waals surface area contributed by atoms with Crippen LogP contribution in [0.25, 0.3) is 17.1 Å². The summed E-state index contributed by atoms with van der Waals surface area (Å²) in [7, 11) is 0. The number of pyridine rings is 1. The molecule has 2 aromatic heterocycles. The maximum Gasteiger partial charge on any atom is 0.416 e. The van der Waals surface area contributed by atoms with Crippen LogP contribution in [-0.4, -0.2) is 14.8 Å². The highest BCUT2D eigenvalue weighted by molar-refractivity contribution is 5.59. The number of hydrogen-bond acceptors (Lipinski definition) is 2. The van der Waals surface area contributed by atoms with Crippen molar-refractivity contribution in [3.8, 4) is 17.1 Å². The SMILES string of the molecule is Cc1cc(C(F)(F)F)cc(-n2nc(-c3ccccc3)cc2C)n1. The van der Waals surface area contributed by atoms with Gasteiger partial charge in [0.15, 0.2) is 5.82 Å². The number of aromatic nitrogens is 3. The van der Waals surface area contributed by atoms with Gasteiger partial charge >= 0.3 is 6.18 Å². The van der Waals surface area contributed by atoms with Crippen molar-refractivity contribution in [2.24, 2.45) is 0 Å². The summed E-state index contributed by atoms with van der Waals surface area (Å²) >= 11 is 0. The zero-order valence-corrected chi connectivity index (χ0v) is 12.6. The lowest BCUT2D eigenvalue weighted by molar-refractivity contribution is -0.137. The molecule has 118 valence electrons. The molecular formula is C17H14F3N3. The maximum atomic E-state index is 13.0. The van der Waals surface area contributed by atoms with Crippen LogP contribution in [0.1, 0.15) is 17.0 Å². The van der Waals surface area contributed by atoms with Gasteiger partial charge in [0.25, 0.3) is 0 Å². The smallest absolute Gasteiger partial charge is 0.234 e. The lowest BCUT2D eigenvalue weighted by Gasteiger charge is -2.10. The first-order valence-electron chi connectivity index (χ1n) is 7.03. The monoisotopic (exact) mass is 317 g/mol. The van der Waals surface area contributed by atoms with Gasteiger partial charge in [-0.2, -0.15) is 18.3 Å². The number of benzene rings is 1. The molecule has 0 amide bonds. The fourth-order valence-corrected chi connectivity index (χ4v) is 2.38. The third kappa shape index (κ3) is 3.11. The highest BCUT2D eigenvalue weighted by Gasteiger charge is 2.31. The van der Waals surface area contributed by atoms with Crippen molar-refractivity contribution in [2.75, 3.05) is 0 Å². The van der Waals surface area contributed by atoms with Crippen molar-refractivity contribution in [2.45, 2.75) is 20.0 Å². The van der Waals surface area contributed by atoms with Gasteiger partial charge in [-0.3, -0.25) is 0 Å². The summed E-state index contributed by atoms with van der Waals surface area (Å²) in [5.41, 5.74) is 1.88. The van der Waals surface area contributed by atoms with Crippen LogP contribution < -0.4 is 0 Å². The topological polar surface area (TPSA) is 30.7 Å². The normalized spacial score (nSPS) is 11.7. The molecule has 0 fully saturated rings. The van der Waals surface area contributed by atoms with E-state index in [9.17, 15) is 13.2 Å². The average molecular weight is 317 g/mol. The quantitative estimate of drug-likeness (QED) is 0.693. The minimum absolute atomic E-state index is 0.164. The molecule has 0 radical (unpaired) electrons. The van der Waals surface area contributed by atoms with Crippen molar-refractivity contribution >= 4 is 0 Å². The molecule has 23 heavy (non-hydrogen) atoms. The molecule has 0 aliphatic heterocycles. The predicted molar refractivity (Wildman–Crippen MR) is 81.3 cm³/mol. The van der Waals surface area contributed by atoms with Gasteiger partial charge in [0, 0.05) is 17.0 Å². The third-order valence-corrected chi connectivity index (χ3v) is 3.44. The van der Waals surface area contributed by atoms with E-state index in [-0.39, 0.29) is 5.82 Å². The van der Waals surface area contributed by atoms with Crippen LogP contribution in [0.2, 0.25) is 0 Å². The van der Waals surface area contributed by atoms with Crippen molar-refractivity contribution in [1.82, 2.24) is 14.8 Å². The van der Waals surface area contributed by atoms with Crippen LogP contribution >= 0.6 is 0 Å². The molecule has 3 rings (SSSR count). The Morgan fingerprint density at radius 1 is 0.957 bits per heavy atom. The zero-order valence-electron chi connectivity index (χ0n) is 12.6. The Morgan fingerprint density at radius 3 is 2.30 bits per heavy atom. The van der Waals surface area contributed by atoms with Gasteiger partial charge in [0.1, 0.15) is 0 Å². The fourth-order valence-electron chi connectivity index (χ4n) is 2.38. The molecule has 0 saturated carbocycles. The van der Waals surface area contributed by atoms with Crippen LogP contribution in [0.4, 0.5) is 13.2 Å². The molecule has 6 heteroatoms. The standard InChI is InChI=1S/C17H14F3N3/c1-11-8-14(17(18,19)20)10-16(21-11)23-12(2)9-15(22-23)13-6-4-3-5-7-13/h3-10H,1-2H3. The van der Waals surface area contributed by atoms with Gasteiger partial charge in [-0.15, -0.1) is 0 Å². The van der Waals surface area contributed by atoms with Gasteiger partial charge in [0.05, 0.1) is 11.3 Å². The molecule has 0 aliphatic rings. The van der Waals surface area contributed by atoms with Gasteiger partial charge in [0.2, 0.25) is 0 Å². The minimum atomic E-state index is -4.41. The minimum Gasteiger partial charge on any atom is -0.234 e. The van der Waals surface area contributed by atoms with Gasteiger partial charge < -0.3 is 0 Å². The van der Waals surface area contributed by atoms with E-state index >= 15 is 0 Å². The number of nitrogens with zero attached hydrogens (tertiary/aromatic N) is 3. The molecule has 0 aliphatic carbocycles. The second-order valence-electron chi connectivity index (χ2n) is 5.30. The van der Waals surface area contributed by atoms with Crippen LogP contribution in [0, 0.1) is 13.8 Å². The molecule has 2 heterocycles. The molecule has 3 nitrogen and oxygen atoms in total. The van der Waals surface area contributed by atoms with Crippen molar-refractivity contribution in [1.29, 1.82) is 0 Å². The van der Waals surface area contributed by atoms with Gasteiger partial charge in [-0.1, -0.05) is 30.3 Å². The molecule has 0 unspecified atom stereocenters. The van der Waals surface area contributed by atoms with Crippen molar-refractivity contribution in [3.63, 3.8) is 0 Å². The van der Waals surface area contributed by atoms with Gasteiger partial charge in [-0.05, 0) is 32.0 Å². The van der Waals surface area contributed by atoms with Crippen LogP contribution in [-0.2, 0) is 6.18 Å². The first-order chi connectivity index (χ1) is 10.8. The lowest BCUT2D eigenvalue weighted by atomic mass is 10.1. The molecular weight excluding hydrogens is 303 g/mol. The summed E-state index contributed by atoms with van der Waals surface area (Å²) in [5.74, 6) is 0.164. The Labute approximate surface area is 131 Å². The van der Waals surface area contributed by atoms with E-state index in [2.05, 4.69) is 10.1 Å². The zero-order chi connectivity index (χ0) is 16.6. The Hall–Kier alpha value is -2.63. The first-order valence-corrected chi connectivity index (χ1v) is 7.03. The molecule has 0 spiro atoms. The number of rotatable bonds is 2. The number of alkyl halides is 3. The maximum absolute atomic E-state index is 13.0. The number of hydrogen-bond donors (Lipinski definition) is 0. The van der Waals surface area contributed by atoms with E-state index in [0.717, 1.165) is 23.4 Å². The first kappa shape index (κ1) is 15.3. The third-order valence-electron chi connectivity index (χ3n) is 3.44. The highest BCUT2D eigenvalue weighted by Crippen LogP contribution is 2.31. The second kappa shape index (κ2) is 5.53. The molecule has 0 atom stereocenters. The van der Waals surface area contributed by atoms with Crippen molar-refractivity contribution in [3.05, 3.63) is 65.5 Å². The van der Waals surface area contributed by atoms with E-state index in [4.69, 9.17) is 0 Å². The fraction of sp³-hybridized carbons (Fsp3) is 0.176. The Balaban J connectivity index is 2.10. The van der Waals surface area contributed by atoms with Crippen LogP contribution in [0.3, 0.4) is 0 Å². The molecule has 0 bridgehead atoms. The second-order valence-corrected chi connectivity index (χ2v) is 5.30. The molecule has 3 aromatic rings. The van der Waals surface area contributed by atoms with E-state index in [1.807, 2.05) is 36.4 Å². The number of halogens is 3. The average Bonchev–Trinajstić information content (AvgIpc) is 2.89. The van der Waals surface area contributed by atoms with Crippen LogP contribution in [0.15, 0.2) is 48.5 Å². The van der Waals surface area contributed by atoms with E-state index < -0.39 is 11.7 Å². The highest BCUT2D eigenvalue weighted by atomic mass is 19.4. The molecule has 0 N–H and O–H groups in total. The largest absolute Gasteiger partial charge is 0.416 e. The Kier molecular flexibility index (Phi) is 3.67. The summed E-state index contributed by atoms with van der Waals surface area (Å²) in [6.45, 7) is 3.33. The van der Waals surface area contributed by atoms with E-state index in [1.54, 1.807) is 6.92 Å². The summed E-state index contributed by atoms with van der Waals surface area (Å²) in [6.07, 6.45) is -4.41. The summed E-state index contributed by atoms with van der Waals surface area (Å²) in [4.78, 5) is 4.19. The Morgan fingerprint density at radius 2 is 1.65 bits per heavy atom. The van der Waals surface area contributed by atoms with Crippen LogP contribution in [0.5, 0.6) is 0 Å². The molecule has 0 saturated heterocycles. The molecule has 1 aromatic carbocycles. The number of aryl methyl sites for hydroxylation is 2.